The Labute approximate surface area is 140 Å². The van der Waals surface area contributed by atoms with Crippen molar-refractivity contribution in [1.29, 1.82) is 5.26 Å². The summed E-state index contributed by atoms with van der Waals surface area (Å²) >= 11 is 0. The zero-order valence-corrected chi connectivity index (χ0v) is 13.3. The van der Waals surface area contributed by atoms with E-state index in [1.165, 1.54) is 17.5 Å². The summed E-state index contributed by atoms with van der Waals surface area (Å²) in [4.78, 5) is 8.76. The van der Waals surface area contributed by atoms with Gasteiger partial charge in [0.25, 0.3) is 0 Å². The number of fused-ring (bicyclic) bond motifs is 2. The molecule has 1 N–H and O–H groups in total. The SMILES string of the molecule is N#CCCn1ncc2c(N[C@@H]3CCCc4ccccc43)ncnc21. The van der Waals surface area contributed by atoms with Crippen LogP contribution in [0.2, 0.25) is 0 Å². The van der Waals surface area contributed by atoms with Crippen molar-refractivity contribution < 1.29 is 0 Å². The van der Waals surface area contributed by atoms with Crippen LogP contribution in [0.4, 0.5) is 5.82 Å². The summed E-state index contributed by atoms with van der Waals surface area (Å²) in [5.41, 5.74) is 3.54. The average Bonchev–Trinajstić information content (AvgIpc) is 3.04. The molecule has 0 saturated carbocycles. The Morgan fingerprint density at radius 1 is 1.29 bits per heavy atom. The summed E-state index contributed by atoms with van der Waals surface area (Å²) in [6.07, 6.45) is 7.16. The first-order chi connectivity index (χ1) is 11.9. The van der Waals surface area contributed by atoms with E-state index in [1.54, 1.807) is 17.2 Å². The maximum atomic E-state index is 8.76. The maximum absolute atomic E-state index is 8.76. The molecule has 1 aliphatic carbocycles. The molecular weight excluding hydrogens is 300 g/mol. The zero-order chi connectivity index (χ0) is 16.4. The molecule has 0 radical (unpaired) electrons. The van der Waals surface area contributed by atoms with Crippen LogP contribution >= 0.6 is 0 Å². The lowest BCUT2D eigenvalue weighted by molar-refractivity contribution is 0.599. The van der Waals surface area contributed by atoms with Crippen LogP contribution in [0.3, 0.4) is 0 Å². The van der Waals surface area contributed by atoms with Gasteiger partial charge in [0.1, 0.15) is 12.1 Å². The zero-order valence-electron chi connectivity index (χ0n) is 13.3. The quantitative estimate of drug-likeness (QED) is 0.799. The third-order valence-electron chi connectivity index (χ3n) is 4.55. The first-order valence-electron chi connectivity index (χ1n) is 8.24. The number of aromatic nitrogens is 4. The Hall–Kier alpha value is -2.94. The smallest absolute Gasteiger partial charge is 0.163 e. The van der Waals surface area contributed by atoms with Gasteiger partial charge in [-0.15, -0.1) is 0 Å². The molecule has 1 aromatic carbocycles. The first-order valence-corrected chi connectivity index (χ1v) is 8.24. The second kappa shape index (κ2) is 6.28. The molecule has 120 valence electrons. The van der Waals surface area contributed by atoms with Crippen LogP contribution in [0.5, 0.6) is 0 Å². The predicted octanol–water partition coefficient (Wildman–Crippen LogP) is 3.23. The minimum atomic E-state index is 0.260. The summed E-state index contributed by atoms with van der Waals surface area (Å²) < 4.78 is 1.76. The van der Waals surface area contributed by atoms with Crippen molar-refractivity contribution in [2.24, 2.45) is 0 Å². The van der Waals surface area contributed by atoms with Crippen molar-refractivity contribution >= 4 is 16.9 Å². The Bertz CT molecular complexity index is 907. The van der Waals surface area contributed by atoms with Gasteiger partial charge >= 0.3 is 0 Å². The van der Waals surface area contributed by atoms with Crippen molar-refractivity contribution in [2.75, 3.05) is 5.32 Å². The van der Waals surface area contributed by atoms with E-state index in [1.807, 2.05) is 0 Å². The van der Waals surface area contributed by atoms with Gasteiger partial charge in [-0.05, 0) is 30.4 Å². The van der Waals surface area contributed by atoms with E-state index in [4.69, 9.17) is 5.26 Å². The Balaban J connectivity index is 1.66. The van der Waals surface area contributed by atoms with E-state index < -0.39 is 0 Å². The van der Waals surface area contributed by atoms with E-state index >= 15 is 0 Å². The molecule has 0 unspecified atom stereocenters. The lowest BCUT2D eigenvalue weighted by Crippen LogP contribution is -2.18. The van der Waals surface area contributed by atoms with E-state index in [0.29, 0.717) is 13.0 Å². The van der Waals surface area contributed by atoms with Gasteiger partial charge in [0.05, 0.1) is 36.7 Å². The molecule has 2 aromatic heterocycles. The fourth-order valence-electron chi connectivity index (χ4n) is 3.40. The van der Waals surface area contributed by atoms with Gasteiger partial charge in [-0.1, -0.05) is 24.3 Å². The number of nitriles is 1. The molecule has 6 heteroatoms. The highest BCUT2D eigenvalue weighted by atomic mass is 15.3. The van der Waals surface area contributed by atoms with Gasteiger partial charge in [-0.25, -0.2) is 14.6 Å². The van der Waals surface area contributed by atoms with Gasteiger partial charge in [0.2, 0.25) is 0 Å². The lowest BCUT2D eigenvalue weighted by atomic mass is 9.88. The van der Waals surface area contributed by atoms with Crippen molar-refractivity contribution in [2.45, 2.75) is 38.3 Å². The highest BCUT2D eigenvalue weighted by Crippen LogP contribution is 2.33. The molecule has 4 rings (SSSR count). The van der Waals surface area contributed by atoms with Gasteiger partial charge in [-0.2, -0.15) is 10.4 Å². The Morgan fingerprint density at radius 3 is 3.12 bits per heavy atom. The van der Waals surface area contributed by atoms with Crippen molar-refractivity contribution in [3.05, 3.63) is 47.9 Å². The second-order valence-electron chi connectivity index (χ2n) is 6.02. The standard InChI is InChI=1S/C18H18N6/c19-9-4-10-24-18-15(11-22-24)17(20-12-21-18)23-16-8-3-6-13-5-1-2-7-14(13)16/h1-2,5,7,11-12,16H,3-4,6,8,10H2,(H,20,21,23)/t16-/m1/s1. The Morgan fingerprint density at radius 2 is 2.21 bits per heavy atom. The van der Waals surface area contributed by atoms with Crippen LogP contribution < -0.4 is 5.32 Å². The van der Waals surface area contributed by atoms with Crippen LogP contribution in [-0.4, -0.2) is 19.7 Å². The van der Waals surface area contributed by atoms with Crippen LogP contribution in [0.25, 0.3) is 11.0 Å². The fraction of sp³-hybridized carbons (Fsp3) is 0.333. The number of hydrogen-bond acceptors (Lipinski definition) is 5. The van der Waals surface area contributed by atoms with Gasteiger partial charge in [-0.3, -0.25) is 0 Å². The van der Waals surface area contributed by atoms with Crippen LogP contribution in [0, 0.1) is 11.3 Å². The third kappa shape index (κ3) is 2.58. The van der Waals surface area contributed by atoms with Gasteiger partial charge in [0.15, 0.2) is 5.65 Å². The lowest BCUT2D eigenvalue weighted by Gasteiger charge is -2.26. The molecule has 0 amide bonds. The number of hydrogen-bond donors (Lipinski definition) is 1. The largest absolute Gasteiger partial charge is 0.363 e. The van der Waals surface area contributed by atoms with Gasteiger partial charge in [0, 0.05) is 0 Å². The Kier molecular flexibility index (Phi) is 3.83. The molecule has 0 spiro atoms. The number of rotatable bonds is 4. The van der Waals surface area contributed by atoms with E-state index in [9.17, 15) is 0 Å². The highest BCUT2D eigenvalue weighted by Gasteiger charge is 2.21. The van der Waals surface area contributed by atoms with Crippen LogP contribution in [-0.2, 0) is 13.0 Å². The minimum Gasteiger partial charge on any atom is -0.363 e. The third-order valence-corrected chi connectivity index (χ3v) is 4.55. The molecule has 24 heavy (non-hydrogen) atoms. The average molecular weight is 318 g/mol. The normalized spacial score (nSPS) is 16.5. The molecule has 1 aliphatic rings. The summed E-state index contributed by atoms with van der Waals surface area (Å²) in [7, 11) is 0. The molecular formula is C18H18N6. The van der Waals surface area contributed by atoms with E-state index in [0.717, 1.165) is 29.7 Å². The van der Waals surface area contributed by atoms with Crippen LogP contribution in [0.15, 0.2) is 36.8 Å². The summed E-state index contributed by atoms with van der Waals surface area (Å²) in [5.74, 6) is 0.810. The molecule has 3 aromatic rings. The number of anilines is 1. The number of nitrogens with zero attached hydrogens (tertiary/aromatic N) is 5. The maximum Gasteiger partial charge on any atom is 0.163 e. The molecule has 0 aliphatic heterocycles. The molecule has 0 saturated heterocycles. The predicted molar refractivity (Wildman–Crippen MR) is 91.3 cm³/mol. The molecule has 1 atom stereocenters. The summed E-state index contributed by atoms with van der Waals surface area (Å²) in [6, 6.07) is 11.0. The topological polar surface area (TPSA) is 79.4 Å². The molecule has 0 fully saturated rings. The number of benzene rings is 1. The van der Waals surface area contributed by atoms with Crippen LogP contribution in [0.1, 0.15) is 36.4 Å². The summed E-state index contributed by atoms with van der Waals surface area (Å²) in [6.45, 7) is 0.544. The second-order valence-corrected chi connectivity index (χ2v) is 6.02. The monoisotopic (exact) mass is 318 g/mol. The van der Waals surface area contributed by atoms with Gasteiger partial charge < -0.3 is 5.32 Å². The summed E-state index contributed by atoms with van der Waals surface area (Å²) in [5, 5.41) is 17.6. The fourth-order valence-corrected chi connectivity index (χ4v) is 3.40. The first kappa shape index (κ1) is 14.6. The number of nitrogens with one attached hydrogen (secondary N) is 1. The van der Waals surface area contributed by atoms with E-state index in [2.05, 4.69) is 50.7 Å². The molecule has 6 nitrogen and oxygen atoms in total. The molecule has 2 heterocycles. The minimum absolute atomic E-state index is 0.260. The highest BCUT2D eigenvalue weighted by molar-refractivity contribution is 5.86. The number of aryl methyl sites for hydroxylation is 2. The van der Waals surface area contributed by atoms with Crippen molar-refractivity contribution in [3.8, 4) is 6.07 Å². The van der Waals surface area contributed by atoms with Crippen molar-refractivity contribution in [1.82, 2.24) is 19.7 Å². The van der Waals surface area contributed by atoms with Crippen molar-refractivity contribution in [3.63, 3.8) is 0 Å². The van der Waals surface area contributed by atoms with E-state index in [-0.39, 0.29) is 6.04 Å². The molecule has 0 bridgehead atoms.